The molecule has 1 saturated heterocycles. The zero-order valence-electron chi connectivity index (χ0n) is 11.4. The van der Waals surface area contributed by atoms with E-state index in [4.69, 9.17) is 0 Å². The number of urea groups is 1. The zero-order chi connectivity index (χ0) is 13.7. The van der Waals surface area contributed by atoms with Crippen molar-refractivity contribution in [2.75, 3.05) is 13.1 Å². The largest absolute Gasteiger partial charge is 0.335 e. The summed E-state index contributed by atoms with van der Waals surface area (Å²) in [7, 11) is 0. The molecule has 1 aromatic rings. The van der Waals surface area contributed by atoms with E-state index >= 15 is 0 Å². The maximum Gasteiger partial charge on any atom is 0.317 e. The van der Waals surface area contributed by atoms with Gasteiger partial charge >= 0.3 is 6.03 Å². The molecule has 2 amide bonds. The number of likely N-dealkylation sites (tertiary alicyclic amines) is 1. The predicted octanol–water partition coefficient (Wildman–Crippen LogP) is 2.95. The maximum absolute atomic E-state index is 12.8. The average Bonchev–Trinajstić information content (AvgIpc) is 2.42. The number of halogens is 1. The Labute approximate surface area is 113 Å². The zero-order valence-corrected chi connectivity index (χ0v) is 11.4. The van der Waals surface area contributed by atoms with Gasteiger partial charge in [0.05, 0.1) is 0 Å². The van der Waals surface area contributed by atoms with Crippen molar-refractivity contribution < 1.29 is 9.18 Å². The summed E-state index contributed by atoms with van der Waals surface area (Å²) in [4.78, 5) is 13.9. The van der Waals surface area contributed by atoms with Crippen molar-refractivity contribution in [2.24, 2.45) is 0 Å². The van der Waals surface area contributed by atoms with Gasteiger partial charge in [-0.1, -0.05) is 12.1 Å². The first-order chi connectivity index (χ1) is 9.15. The lowest BCUT2D eigenvalue weighted by Gasteiger charge is -2.28. The molecule has 1 N–H and O–H groups in total. The van der Waals surface area contributed by atoms with E-state index in [0.717, 1.165) is 37.9 Å². The van der Waals surface area contributed by atoms with Gasteiger partial charge < -0.3 is 10.2 Å². The van der Waals surface area contributed by atoms with E-state index in [1.54, 1.807) is 12.1 Å². The second-order valence-corrected chi connectivity index (χ2v) is 5.23. The number of hydrogen-bond acceptors (Lipinski definition) is 1. The summed E-state index contributed by atoms with van der Waals surface area (Å²) in [6.07, 6.45) is 4.13. The maximum atomic E-state index is 12.8. The van der Waals surface area contributed by atoms with Gasteiger partial charge in [0.15, 0.2) is 0 Å². The second kappa shape index (κ2) is 6.55. The van der Waals surface area contributed by atoms with Gasteiger partial charge in [0, 0.05) is 19.1 Å². The lowest BCUT2D eigenvalue weighted by Crippen LogP contribution is -2.46. The molecule has 1 aromatic carbocycles. The van der Waals surface area contributed by atoms with Crippen LogP contribution in [0.5, 0.6) is 0 Å². The molecule has 2 rings (SSSR count). The van der Waals surface area contributed by atoms with E-state index in [-0.39, 0.29) is 17.9 Å². The molecule has 1 aliphatic heterocycles. The molecule has 1 unspecified atom stereocenters. The molecule has 1 heterocycles. The lowest BCUT2D eigenvalue weighted by atomic mass is 10.1. The van der Waals surface area contributed by atoms with Crippen LogP contribution < -0.4 is 5.32 Å². The minimum atomic E-state index is -0.228. The summed E-state index contributed by atoms with van der Waals surface area (Å²) in [5, 5.41) is 3.01. The second-order valence-electron chi connectivity index (χ2n) is 5.23. The number of benzene rings is 1. The monoisotopic (exact) mass is 264 g/mol. The van der Waals surface area contributed by atoms with Crippen molar-refractivity contribution in [3.63, 3.8) is 0 Å². The molecule has 1 fully saturated rings. The van der Waals surface area contributed by atoms with E-state index < -0.39 is 0 Å². The lowest BCUT2D eigenvalue weighted by molar-refractivity contribution is 0.183. The molecule has 0 aliphatic carbocycles. The Morgan fingerprint density at radius 1 is 1.26 bits per heavy atom. The Balaban J connectivity index is 1.81. The van der Waals surface area contributed by atoms with Crippen LogP contribution in [0.3, 0.4) is 0 Å². The Hall–Kier alpha value is -1.58. The van der Waals surface area contributed by atoms with Gasteiger partial charge in [-0.25, -0.2) is 9.18 Å². The Morgan fingerprint density at radius 2 is 1.89 bits per heavy atom. The number of nitrogens with one attached hydrogen (secondary N) is 1. The standard InChI is InChI=1S/C15H21FN2O/c1-12(11-13-5-7-14(16)8-6-13)17-15(19)18-9-3-2-4-10-18/h5-8,12H,2-4,9-11H2,1H3,(H,17,19). The molecule has 19 heavy (non-hydrogen) atoms. The third-order valence-electron chi connectivity index (χ3n) is 3.47. The fourth-order valence-electron chi connectivity index (χ4n) is 2.42. The highest BCUT2D eigenvalue weighted by Gasteiger charge is 2.17. The molecule has 0 saturated carbocycles. The number of rotatable bonds is 3. The first-order valence-corrected chi connectivity index (χ1v) is 6.95. The van der Waals surface area contributed by atoms with Crippen molar-refractivity contribution in [1.82, 2.24) is 10.2 Å². The van der Waals surface area contributed by atoms with Crippen LogP contribution in [0.15, 0.2) is 24.3 Å². The van der Waals surface area contributed by atoms with E-state index in [2.05, 4.69) is 5.32 Å². The fraction of sp³-hybridized carbons (Fsp3) is 0.533. The number of nitrogens with zero attached hydrogens (tertiary/aromatic N) is 1. The summed E-state index contributed by atoms with van der Waals surface area (Å²) in [5.41, 5.74) is 1.04. The quantitative estimate of drug-likeness (QED) is 0.894. The minimum absolute atomic E-state index is 0.0225. The number of hydrogen-bond donors (Lipinski definition) is 1. The fourth-order valence-corrected chi connectivity index (χ4v) is 2.42. The van der Waals surface area contributed by atoms with Gasteiger partial charge in [0.2, 0.25) is 0 Å². The topological polar surface area (TPSA) is 32.3 Å². The van der Waals surface area contributed by atoms with Gasteiger partial charge in [0.1, 0.15) is 5.82 Å². The van der Waals surface area contributed by atoms with Crippen LogP contribution in [0, 0.1) is 5.82 Å². The van der Waals surface area contributed by atoms with E-state index in [9.17, 15) is 9.18 Å². The van der Waals surface area contributed by atoms with Crippen molar-refractivity contribution in [1.29, 1.82) is 0 Å². The minimum Gasteiger partial charge on any atom is -0.335 e. The van der Waals surface area contributed by atoms with Crippen LogP contribution >= 0.6 is 0 Å². The van der Waals surface area contributed by atoms with Crippen LogP contribution in [0.25, 0.3) is 0 Å². The Bertz CT molecular complexity index is 413. The summed E-state index contributed by atoms with van der Waals surface area (Å²) in [5.74, 6) is -0.228. The summed E-state index contributed by atoms with van der Waals surface area (Å²) in [6.45, 7) is 3.69. The molecule has 0 spiro atoms. The summed E-state index contributed by atoms with van der Waals surface area (Å²) in [6, 6.07) is 6.51. The van der Waals surface area contributed by atoms with Crippen molar-refractivity contribution in [2.45, 2.75) is 38.6 Å². The Morgan fingerprint density at radius 3 is 2.53 bits per heavy atom. The first kappa shape index (κ1) is 13.8. The average molecular weight is 264 g/mol. The molecule has 4 heteroatoms. The number of amides is 2. The highest BCUT2D eigenvalue weighted by Crippen LogP contribution is 2.10. The molecular weight excluding hydrogens is 243 g/mol. The normalized spacial score (nSPS) is 17.1. The summed E-state index contributed by atoms with van der Waals surface area (Å²) >= 11 is 0. The van der Waals surface area contributed by atoms with Crippen molar-refractivity contribution in [3.05, 3.63) is 35.6 Å². The van der Waals surface area contributed by atoms with Crippen molar-refractivity contribution >= 4 is 6.03 Å². The third kappa shape index (κ3) is 4.23. The first-order valence-electron chi connectivity index (χ1n) is 6.95. The Kier molecular flexibility index (Phi) is 4.77. The van der Waals surface area contributed by atoms with Gasteiger partial charge in [-0.2, -0.15) is 0 Å². The molecule has 0 radical (unpaired) electrons. The number of carbonyl (C=O) groups excluding carboxylic acids is 1. The predicted molar refractivity (Wildman–Crippen MR) is 73.5 cm³/mol. The number of carbonyl (C=O) groups is 1. The van der Waals surface area contributed by atoms with Gasteiger partial charge in [0.25, 0.3) is 0 Å². The van der Waals surface area contributed by atoms with Crippen LogP contribution in [0.2, 0.25) is 0 Å². The van der Waals surface area contributed by atoms with E-state index in [1.165, 1.54) is 18.6 Å². The van der Waals surface area contributed by atoms with Gasteiger partial charge in [-0.15, -0.1) is 0 Å². The molecular formula is C15H21FN2O. The highest BCUT2D eigenvalue weighted by atomic mass is 19.1. The van der Waals surface area contributed by atoms with Crippen LogP contribution in [0.4, 0.5) is 9.18 Å². The van der Waals surface area contributed by atoms with Crippen LogP contribution in [-0.2, 0) is 6.42 Å². The number of piperidine rings is 1. The van der Waals surface area contributed by atoms with Gasteiger partial charge in [-0.05, 0) is 50.3 Å². The summed E-state index contributed by atoms with van der Waals surface area (Å²) < 4.78 is 12.8. The molecule has 1 aliphatic rings. The van der Waals surface area contributed by atoms with E-state index in [0.29, 0.717) is 0 Å². The molecule has 3 nitrogen and oxygen atoms in total. The SMILES string of the molecule is CC(Cc1ccc(F)cc1)NC(=O)N1CCCCC1. The smallest absolute Gasteiger partial charge is 0.317 e. The van der Waals surface area contributed by atoms with Crippen molar-refractivity contribution in [3.8, 4) is 0 Å². The van der Waals surface area contributed by atoms with Crippen LogP contribution in [-0.4, -0.2) is 30.1 Å². The van der Waals surface area contributed by atoms with E-state index in [1.807, 2.05) is 11.8 Å². The molecule has 104 valence electrons. The molecule has 0 bridgehead atoms. The third-order valence-corrected chi connectivity index (χ3v) is 3.47. The van der Waals surface area contributed by atoms with Crippen LogP contribution in [0.1, 0.15) is 31.7 Å². The molecule has 1 atom stereocenters. The highest BCUT2D eigenvalue weighted by molar-refractivity contribution is 5.74. The molecule has 0 aromatic heterocycles. The van der Waals surface area contributed by atoms with Gasteiger partial charge in [-0.3, -0.25) is 0 Å².